The molecule has 0 aromatic heterocycles. The van der Waals surface area contributed by atoms with Crippen molar-refractivity contribution < 1.29 is 4.43 Å². The molecule has 1 heterocycles. The Kier molecular flexibility index (Phi) is 2.59. The van der Waals surface area contributed by atoms with Crippen molar-refractivity contribution in [1.29, 1.82) is 0 Å². The Labute approximate surface area is 76.3 Å². The second kappa shape index (κ2) is 3.19. The minimum Gasteiger partial charge on any atom is -0.409 e. The van der Waals surface area contributed by atoms with Crippen LogP contribution in [-0.4, -0.2) is 14.9 Å². The molecule has 0 amide bonds. The summed E-state index contributed by atoms with van der Waals surface area (Å²) in [5.41, 5.74) is 2.84. The molecule has 1 nitrogen and oxygen atoms in total. The third kappa shape index (κ3) is 1.70. The molecule has 2 heteroatoms. The average Bonchev–Trinajstić information content (AvgIpc) is 2.27. The number of allylic oxidation sites excluding steroid dienone is 3. The topological polar surface area (TPSA) is 9.23 Å². The summed E-state index contributed by atoms with van der Waals surface area (Å²) < 4.78 is 5.74. The highest BCUT2D eigenvalue weighted by Gasteiger charge is 2.32. The van der Waals surface area contributed by atoms with Gasteiger partial charge >= 0.3 is 0 Å². The van der Waals surface area contributed by atoms with Crippen molar-refractivity contribution in [3.8, 4) is 0 Å². The summed E-state index contributed by atoms with van der Waals surface area (Å²) >= 11 is 0. The Morgan fingerprint density at radius 2 is 1.92 bits per heavy atom. The molecule has 0 aromatic carbocycles. The van der Waals surface area contributed by atoms with E-state index in [9.17, 15) is 0 Å². The van der Waals surface area contributed by atoms with E-state index in [4.69, 9.17) is 4.43 Å². The predicted molar refractivity (Wildman–Crippen MR) is 55.6 cm³/mol. The van der Waals surface area contributed by atoms with Crippen molar-refractivity contribution in [1.82, 2.24) is 0 Å². The quantitative estimate of drug-likeness (QED) is 0.566. The van der Waals surface area contributed by atoms with Crippen LogP contribution in [0.5, 0.6) is 0 Å². The smallest absolute Gasteiger partial charge is 0.218 e. The van der Waals surface area contributed by atoms with Gasteiger partial charge in [0.2, 0.25) is 8.32 Å². The standard InChI is InChI=1S/C10H18OSi/c1-8(2)9(3)10-6-7-11-12(10,4)5/h6H,7H2,1-5H3. The van der Waals surface area contributed by atoms with Gasteiger partial charge < -0.3 is 4.43 Å². The molecule has 0 atom stereocenters. The minimum absolute atomic E-state index is 0.819. The molecule has 0 radical (unpaired) electrons. The van der Waals surface area contributed by atoms with Crippen LogP contribution in [0.2, 0.25) is 13.1 Å². The average molecular weight is 182 g/mol. The molecule has 0 saturated carbocycles. The molecule has 0 aliphatic carbocycles. The van der Waals surface area contributed by atoms with Crippen LogP contribution in [0.25, 0.3) is 0 Å². The van der Waals surface area contributed by atoms with E-state index >= 15 is 0 Å². The van der Waals surface area contributed by atoms with Gasteiger partial charge in [-0.05, 0) is 39.1 Å². The van der Waals surface area contributed by atoms with Crippen molar-refractivity contribution in [2.75, 3.05) is 6.61 Å². The van der Waals surface area contributed by atoms with E-state index in [1.807, 2.05) is 0 Å². The zero-order valence-electron chi connectivity index (χ0n) is 8.69. The van der Waals surface area contributed by atoms with Gasteiger partial charge in [0.1, 0.15) is 0 Å². The molecule has 0 bridgehead atoms. The third-order valence-electron chi connectivity index (χ3n) is 2.53. The third-order valence-corrected chi connectivity index (χ3v) is 5.30. The van der Waals surface area contributed by atoms with Crippen LogP contribution in [0.15, 0.2) is 22.4 Å². The molecular weight excluding hydrogens is 164 g/mol. The van der Waals surface area contributed by atoms with Crippen LogP contribution < -0.4 is 0 Å². The van der Waals surface area contributed by atoms with E-state index in [0.717, 1.165) is 6.61 Å². The molecule has 0 unspecified atom stereocenters. The summed E-state index contributed by atoms with van der Waals surface area (Å²) in [5, 5.41) is 1.49. The lowest BCUT2D eigenvalue weighted by Crippen LogP contribution is -2.29. The fraction of sp³-hybridized carbons (Fsp3) is 0.600. The molecule has 1 rings (SSSR count). The van der Waals surface area contributed by atoms with E-state index < -0.39 is 8.32 Å². The van der Waals surface area contributed by atoms with E-state index in [1.54, 1.807) is 0 Å². The van der Waals surface area contributed by atoms with Gasteiger partial charge in [-0.2, -0.15) is 0 Å². The van der Waals surface area contributed by atoms with Crippen molar-refractivity contribution in [3.63, 3.8) is 0 Å². The molecule has 12 heavy (non-hydrogen) atoms. The largest absolute Gasteiger partial charge is 0.409 e. The number of rotatable bonds is 1. The van der Waals surface area contributed by atoms with E-state index in [1.165, 1.54) is 16.3 Å². The first kappa shape index (κ1) is 9.74. The van der Waals surface area contributed by atoms with Gasteiger partial charge in [-0.1, -0.05) is 17.2 Å². The normalized spacial score (nSPS) is 20.6. The lowest BCUT2D eigenvalue weighted by molar-refractivity contribution is 0.374. The molecule has 68 valence electrons. The van der Waals surface area contributed by atoms with Gasteiger partial charge in [0, 0.05) is 0 Å². The summed E-state index contributed by atoms with van der Waals surface area (Å²) in [6.07, 6.45) is 2.24. The van der Waals surface area contributed by atoms with Crippen molar-refractivity contribution >= 4 is 8.32 Å². The van der Waals surface area contributed by atoms with Gasteiger partial charge in [-0.3, -0.25) is 0 Å². The van der Waals surface area contributed by atoms with Crippen molar-refractivity contribution in [2.45, 2.75) is 33.9 Å². The molecule has 0 saturated heterocycles. The summed E-state index contributed by atoms with van der Waals surface area (Å²) in [7, 11) is -1.49. The second-order valence-electron chi connectivity index (χ2n) is 4.06. The Morgan fingerprint density at radius 1 is 1.33 bits per heavy atom. The summed E-state index contributed by atoms with van der Waals surface area (Å²) in [5.74, 6) is 0. The minimum atomic E-state index is -1.49. The molecular formula is C10H18OSi. The van der Waals surface area contributed by atoms with Crippen LogP contribution in [-0.2, 0) is 4.43 Å². The lowest BCUT2D eigenvalue weighted by Gasteiger charge is -2.20. The monoisotopic (exact) mass is 182 g/mol. The Balaban J connectivity index is 2.98. The van der Waals surface area contributed by atoms with Crippen molar-refractivity contribution in [3.05, 3.63) is 22.4 Å². The first-order valence-electron chi connectivity index (χ1n) is 4.44. The predicted octanol–water partition coefficient (Wildman–Crippen LogP) is 3.04. The molecule has 0 fully saturated rings. The highest BCUT2D eigenvalue weighted by Crippen LogP contribution is 2.29. The maximum Gasteiger partial charge on any atom is 0.218 e. The van der Waals surface area contributed by atoms with E-state index in [0.29, 0.717) is 0 Å². The maximum absolute atomic E-state index is 5.74. The van der Waals surface area contributed by atoms with Crippen LogP contribution in [0.3, 0.4) is 0 Å². The molecule has 1 aliphatic rings. The van der Waals surface area contributed by atoms with Gasteiger partial charge in [0.25, 0.3) is 0 Å². The highest BCUT2D eigenvalue weighted by atomic mass is 28.4. The first-order valence-corrected chi connectivity index (χ1v) is 7.35. The van der Waals surface area contributed by atoms with Crippen molar-refractivity contribution in [2.24, 2.45) is 0 Å². The lowest BCUT2D eigenvalue weighted by atomic mass is 10.1. The molecule has 0 spiro atoms. The van der Waals surface area contributed by atoms with E-state index in [-0.39, 0.29) is 0 Å². The fourth-order valence-electron chi connectivity index (χ4n) is 1.53. The Hall–Kier alpha value is -0.343. The number of hydrogen-bond acceptors (Lipinski definition) is 1. The SMILES string of the molecule is CC(C)=C(C)C1=CCO[Si]1(C)C. The highest BCUT2D eigenvalue weighted by molar-refractivity contribution is 6.80. The van der Waals surface area contributed by atoms with Gasteiger partial charge in [0.15, 0.2) is 0 Å². The Bertz CT molecular complexity index is 245. The first-order chi connectivity index (χ1) is 5.45. The van der Waals surface area contributed by atoms with Crippen LogP contribution >= 0.6 is 0 Å². The molecule has 0 aromatic rings. The number of hydrogen-bond donors (Lipinski definition) is 0. The summed E-state index contributed by atoms with van der Waals surface area (Å²) in [6, 6.07) is 0. The van der Waals surface area contributed by atoms with Gasteiger partial charge in [-0.15, -0.1) is 0 Å². The zero-order chi connectivity index (χ0) is 9.35. The Morgan fingerprint density at radius 3 is 2.25 bits per heavy atom. The second-order valence-corrected chi connectivity index (χ2v) is 7.91. The van der Waals surface area contributed by atoms with Crippen LogP contribution in [0, 0.1) is 0 Å². The zero-order valence-corrected chi connectivity index (χ0v) is 9.69. The van der Waals surface area contributed by atoms with Crippen LogP contribution in [0.4, 0.5) is 0 Å². The fourth-order valence-corrected chi connectivity index (χ4v) is 3.91. The van der Waals surface area contributed by atoms with Crippen LogP contribution in [0.1, 0.15) is 20.8 Å². The van der Waals surface area contributed by atoms with Gasteiger partial charge in [0.05, 0.1) is 6.61 Å². The van der Waals surface area contributed by atoms with E-state index in [2.05, 4.69) is 39.9 Å². The summed E-state index contributed by atoms with van der Waals surface area (Å²) in [6.45, 7) is 11.9. The summed E-state index contributed by atoms with van der Waals surface area (Å²) in [4.78, 5) is 0. The molecule has 1 aliphatic heterocycles. The molecule has 0 N–H and O–H groups in total. The maximum atomic E-state index is 5.74. The van der Waals surface area contributed by atoms with Gasteiger partial charge in [-0.25, -0.2) is 0 Å².